The molecule has 0 aliphatic carbocycles. The van der Waals surface area contributed by atoms with Gasteiger partial charge < -0.3 is 9.73 Å². The summed E-state index contributed by atoms with van der Waals surface area (Å²) in [7, 11) is 0. The first-order valence-electron chi connectivity index (χ1n) is 4.73. The van der Waals surface area contributed by atoms with E-state index in [1.165, 1.54) is 0 Å². The molecule has 0 radical (unpaired) electrons. The van der Waals surface area contributed by atoms with Crippen molar-refractivity contribution >= 4 is 0 Å². The van der Waals surface area contributed by atoms with Crippen LogP contribution in [0.4, 0.5) is 0 Å². The van der Waals surface area contributed by atoms with Crippen LogP contribution in [0.15, 0.2) is 4.42 Å². The van der Waals surface area contributed by atoms with Crippen molar-refractivity contribution in [1.29, 1.82) is 0 Å². The van der Waals surface area contributed by atoms with Crippen LogP contribution in [0.5, 0.6) is 0 Å². The maximum Gasteiger partial charge on any atom is 0.208 e. The Morgan fingerprint density at radius 3 is 2.54 bits per heavy atom. The lowest BCUT2D eigenvalue weighted by atomic mass is 10.2. The van der Waals surface area contributed by atoms with Crippen molar-refractivity contribution in [3.8, 4) is 0 Å². The van der Waals surface area contributed by atoms with Crippen LogP contribution < -0.4 is 5.32 Å². The third kappa shape index (κ3) is 3.19. The SMILES string of the molecule is Cc1nc(CNCC(C)C)oc1C. The molecule has 1 rings (SSSR count). The molecule has 0 aliphatic heterocycles. The summed E-state index contributed by atoms with van der Waals surface area (Å²) in [5.41, 5.74) is 0.987. The molecule has 0 bridgehead atoms. The number of nitrogens with one attached hydrogen (secondary N) is 1. The monoisotopic (exact) mass is 182 g/mol. The quantitative estimate of drug-likeness (QED) is 0.774. The highest BCUT2D eigenvalue weighted by molar-refractivity contribution is 5.04. The van der Waals surface area contributed by atoms with Crippen molar-refractivity contribution in [2.75, 3.05) is 6.54 Å². The fourth-order valence-electron chi connectivity index (χ4n) is 1.08. The van der Waals surface area contributed by atoms with E-state index >= 15 is 0 Å². The number of rotatable bonds is 4. The number of hydrogen-bond acceptors (Lipinski definition) is 3. The van der Waals surface area contributed by atoms with Crippen molar-refractivity contribution in [3.05, 3.63) is 17.3 Å². The minimum Gasteiger partial charge on any atom is -0.444 e. The number of nitrogens with zero attached hydrogens (tertiary/aromatic N) is 1. The molecule has 0 aromatic carbocycles. The van der Waals surface area contributed by atoms with Gasteiger partial charge >= 0.3 is 0 Å². The molecule has 0 saturated heterocycles. The van der Waals surface area contributed by atoms with E-state index in [4.69, 9.17) is 4.42 Å². The number of oxazole rings is 1. The van der Waals surface area contributed by atoms with Crippen LogP contribution >= 0.6 is 0 Å². The molecule has 3 nitrogen and oxygen atoms in total. The summed E-state index contributed by atoms with van der Waals surface area (Å²) >= 11 is 0. The second-order valence-electron chi connectivity index (χ2n) is 3.77. The average molecular weight is 182 g/mol. The third-order valence-corrected chi connectivity index (χ3v) is 1.90. The summed E-state index contributed by atoms with van der Waals surface area (Å²) in [4.78, 5) is 4.28. The Hall–Kier alpha value is -0.830. The lowest BCUT2D eigenvalue weighted by Crippen LogP contribution is -2.19. The zero-order valence-corrected chi connectivity index (χ0v) is 8.85. The average Bonchev–Trinajstić information content (AvgIpc) is 2.30. The van der Waals surface area contributed by atoms with Crippen LogP contribution in [-0.4, -0.2) is 11.5 Å². The van der Waals surface area contributed by atoms with Crippen molar-refractivity contribution < 1.29 is 4.42 Å². The largest absolute Gasteiger partial charge is 0.444 e. The maximum atomic E-state index is 5.42. The van der Waals surface area contributed by atoms with E-state index in [9.17, 15) is 0 Å². The molecule has 3 heteroatoms. The summed E-state index contributed by atoms with van der Waals surface area (Å²) in [6.07, 6.45) is 0. The van der Waals surface area contributed by atoms with Gasteiger partial charge in [0.05, 0.1) is 12.2 Å². The first-order valence-corrected chi connectivity index (χ1v) is 4.73. The van der Waals surface area contributed by atoms with Crippen LogP contribution in [0.3, 0.4) is 0 Å². The van der Waals surface area contributed by atoms with E-state index in [0.717, 1.165) is 30.4 Å². The Morgan fingerprint density at radius 1 is 1.38 bits per heavy atom. The van der Waals surface area contributed by atoms with Gasteiger partial charge in [0.15, 0.2) is 0 Å². The maximum absolute atomic E-state index is 5.42. The predicted molar refractivity (Wildman–Crippen MR) is 52.5 cm³/mol. The molecule has 74 valence electrons. The number of aromatic nitrogens is 1. The number of hydrogen-bond donors (Lipinski definition) is 1. The van der Waals surface area contributed by atoms with Gasteiger partial charge in [-0.15, -0.1) is 0 Å². The van der Waals surface area contributed by atoms with Crippen LogP contribution in [0.2, 0.25) is 0 Å². The third-order valence-electron chi connectivity index (χ3n) is 1.90. The van der Waals surface area contributed by atoms with Gasteiger partial charge in [-0.1, -0.05) is 13.8 Å². The lowest BCUT2D eigenvalue weighted by Gasteiger charge is -2.03. The van der Waals surface area contributed by atoms with Crippen molar-refractivity contribution in [3.63, 3.8) is 0 Å². The Bertz CT molecular complexity index is 246. The smallest absolute Gasteiger partial charge is 0.208 e. The molecule has 1 N–H and O–H groups in total. The molecular weight excluding hydrogens is 164 g/mol. The van der Waals surface area contributed by atoms with Crippen LogP contribution in [0.25, 0.3) is 0 Å². The Labute approximate surface area is 79.5 Å². The van der Waals surface area contributed by atoms with Crippen molar-refractivity contribution in [1.82, 2.24) is 10.3 Å². The topological polar surface area (TPSA) is 38.1 Å². The van der Waals surface area contributed by atoms with Crippen LogP contribution in [-0.2, 0) is 6.54 Å². The van der Waals surface area contributed by atoms with Gasteiger partial charge in [-0.2, -0.15) is 0 Å². The van der Waals surface area contributed by atoms with Gasteiger partial charge in [-0.3, -0.25) is 0 Å². The molecule has 0 aliphatic rings. The van der Waals surface area contributed by atoms with Gasteiger partial charge in [0.25, 0.3) is 0 Å². The van der Waals surface area contributed by atoms with E-state index in [2.05, 4.69) is 24.1 Å². The first-order chi connectivity index (χ1) is 6.09. The lowest BCUT2D eigenvalue weighted by molar-refractivity contribution is 0.436. The van der Waals surface area contributed by atoms with Crippen molar-refractivity contribution in [2.45, 2.75) is 34.2 Å². The number of aryl methyl sites for hydroxylation is 2. The highest BCUT2D eigenvalue weighted by atomic mass is 16.4. The molecular formula is C10H18N2O. The molecule has 1 heterocycles. The van der Waals surface area contributed by atoms with Gasteiger partial charge in [-0.25, -0.2) is 4.98 Å². The highest BCUT2D eigenvalue weighted by Crippen LogP contribution is 2.07. The van der Waals surface area contributed by atoms with Gasteiger partial charge in [0, 0.05) is 0 Å². The molecule has 0 saturated carbocycles. The summed E-state index contributed by atoms with van der Waals surface area (Å²) < 4.78 is 5.42. The highest BCUT2D eigenvalue weighted by Gasteiger charge is 2.04. The van der Waals surface area contributed by atoms with E-state index in [-0.39, 0.29) is 0 Å². The van der Waals surface area contributed by atoms with E-state index in [1.807, 2.05) is 13.8 Å². The fourth-order valence-corrected chi connectivity index (χ4v) is 1.08. The molecule has 13 heavy (non-hydrogen) atoms. The molecule has 0 fully saturated rings. The summed E-state index contributed by atoms with van der Waals surface area (Å²) in [5.74, 6) is 2.37. The summed E-state index contributed by atoms with van der Waals surface area (Å²) in [5, 5.41) is 3.29. The van der Waals surface area contributed by atoms with Crippen LogP contribution in [0.1, 0.15) is 31.2 Å². The Balaban J connectivity index is 2.37. The second-order valence-corrected chi connectivity index (χ2v) is 3.77. The minimum absolute atomic E-state index is 0.664. The Morgan fingerprint density at radius 2 is 2.08 bits per heavy atom. The van der Waals surface area contributed by atoms with E-state index < -0.39 is 0 Å². The molecule has 0 atom stereocenters. The molecule has 1 aromatic rings. The predicted octanol–water partition coefficient (Wildman–Crippen LogP) is 2.04. The normalized spacial score (nSPS) is 11.2. The standard InChI is InChI=1S/C10H18N2O/c1-7(2)5-11-6-10-12-8(3)9(4)13-10/h7,11H,5-6H2,1-4H3. The zero-order chi connectivity index (χ0) is 9.84. The van der Waals surface area contributed by atoms with E-state index in [1.54, 1.807) is 0 Å². The zero-order valence-electron chi connectivity index (χ0n) is 8.85. The van der Waals surface area contributed by atoms with Gasteiger partial charge in [0.1, 0.15) is 5.76 Å². The van der Waals surface area contributed by atoms with Gasteiger partial charge in [-0.05, 0) is 26.3 Å². The Kier molecular flexibility index (Phi) is 3.48. The first kappa shape index (κ1) is 10.3. The summed E-state index contributed by atoms with van der Waals surface area (Å²) in [6, 6.07) is 0. The second kappa shape index (κ2) is 4.42. The molecule has 1 aromatic heterocycles. The molecule has 0 unspecified atom stereocenters. The molecule has 0 spiro atoms. The van der Waals surface area contributed by atoms with Gasteiger partial charge in [0.2, 0.25) is 5.89 Å². The van der Waals surface area contributed by atoms with E-state index in [0.29, 0.717) is 5.92 Å². The van der Waals surface area contributed by atoms with Crippen LogP contribution in [0, 0.1) is 19.8 Å². The minimum atomic E-state index is 0.664. The molecule has 0 amide bonds. The fraction of sp³-hybridized carbons (Fsp3) is 0.700. The van der Waals surface area contributed by atoms with Crippen molar-refractivity contribution in [2.24, 2.45) is 5.92 Å². The summed E-state index contributed by atoms with van der Waals surface area (Å²) in [6.45, 7) is 9.99.